The Balaban J connectivity index is 0.833. The standard InChI is InChI=1S/C105H62BN3/c1-2-26-63(27-3-1)64-50-52-65(53-51-64)109-99-60-67(108-95-48-24-13-36-76(95)77-37-14-25-49-96(77)108)59-98-101(99)106(93-57-56-91-100(102(93)109)78-38-12-23-47-89(78)104(91)83-41-17-6-30-70(83)71-31-7-18-42-84(71)104)94-62-92-80(75-35-11-22-46-88(75)105(92)85-43-19-8-32-72(85)73-33-9-20-44-86(73)105)61-97(94)107(98)66-54-55-90-79(58-66)74-34-10-21-45-87(74)103(90)81-39-15-4-28-68(81)69-29-5-16-40-82(69)103/h1-62H. The average molecular weight is 1380 g/mol. The molecule has 26 rings (SSSR count). The maximum Gasteiger partial charge on any atom is 0.252 e. The molecule has 109 heavy (non-hydrogen) atoms. The molecule has 0 saturated carbocycles. The molecule has 17 aromatic carbocycles. The SMILES string of the molecule is c1ccc(-c2ccc(N3c4cc(-n5c6ccccc6c6ccccc65)cc5c4B(c4cc6c(cc4N5c4ccc5c(c4)-c4ccccc4C54c5ccccc5-c5ccccc54)-c4ccccc4C64c5ccccc5-c5ccccc54)c4ccc5c(c43)-c3ccccc3C53c4ccccc4-c4ccccc43)cc2)cc1. The lowest BCUT2D eigenvalue weighted by Crippen LogP contribution is -2.61. The second kappa shape index (κ2) is 20.8. The van der Waals surface area contributed by atoms with Gasteiger partial charge >= 0.3 is 0 Å². The number of nitrogens with zero attached hydrogens (tertiary/aromatic N) is 3. The van der Waals surface area contributed by atoms with Crippen molar-refractivity contribution >= 4 is 79.0 Å². The van der Waals surface area contributed by atoms with Gasteiger partial charge in [-0.15, -0.1) is 0 Å². The van der Waals surface area contributed by atoms with Crippen LogP contribution in [0.25, 0.3) is 105 Å². The number of rotatable bonds is 4. The van der Waals surface area contributed by atoms with Gasteiger partial charge in [0.15, 0.2) is 0 Å². The molecule has 2 aliphatic heterocycles. The summed E-state index contributed by atoms with van der Waals surface area (Å²) in [6, 6.07) is 146. The number of aromatic nitrogens is 1. The largest absolute Gasteiger partial charge is 0.311 e. The van der Waals surface area contributed by atoms with Crippen LogP contribution in [0, 0.1) is 0 Å². The molecule has 0 amide bonds. The quantitative estimate of drug-likeness (QED) is 0.163. The minimum absolute atomic E-state index is 0.279. The molecule has 0 bridgehead atoms. The average Bonchev–Trinajstić information content (AvgIpc) is 1.55. The van der Waals surface area contributed by atoms with Crippen LogP contribution in [0.1, 0.15) is 66.8 Å². The summed E-state index contributed by atoms with van der Waals surface area (Å²) in [6.07, 6.45) is 0. The molecule has 3 heterocycles. The molecular weight excluding hydrogens is 1310 g/mol. The molecule has 6 aliphatic carbocycles. The summed E-state index contributed by atoms with van der Waals surface area (Å²) in [5, 5.41) is 2.44. The fourth-order valence-electron chi connectivity index (χ4n) is 22.8. The van der Waals surface area contributed by atoms with Crippen LogP contribution < -0.4 is 26.2 Å². The van der Waals surface area contributed by atoms with E-state index in [1.54, 1.807) is 0 Å². The van der Waals surface area contributed by atoms with E-state index in [0.717, 1.165) is 39.5 Å². The second-order valence-electron chi connectivity index (χ2n) is 31.1. The van der Waals surface area contributed by atoms with E-state index in [9.17, 15) is 0 Å². The van der Waals surface area contributed by atoms with E-state index in [0.29, 0.717) is 0 Å². The first-order valence-corrected chi connectivity index (χ1v) is 38.4. The van der Waals surface area contributed by atoms with Gasteiger partial charge in [0.25, 0.3) is 6.71 Å². The van der Waals surface area contributed by atoms with Gasteiger partial charge in [-0.2, -0.15) is 0 Å². The molecule has 3 spiro atoms. The van der Waals surface area contributed by atoms with Gasteiger partial charge in [-0.3, -0.25) is 0 Å². The smallest absolute Gasteiger partial charge is 0.252 e. The van der Waals surface area contributed by atoms with Crippen LogP contribution in [-0.4, -0.2) is 11.3 Å². The highest BCUT2D eigenvalue weighted by Crippen LogP contribution is 2.69. The van der Waals surface area contributed by atoms with Crippen molar-refractivity contribution in [3.05, 3.63) is 443 Å². The molecule has 0 fully saturated rings. The van der Waals surface area contributed by atoms with E-state index in [1.807, 2.05) is 0 Å². The van der Waals surface area contributed by atoms with E-state index in [4.69, 9.17) is 0 Å². The van der Waals surface area contributed by atoms with Crippen LogP contribution in [0.4, 0.5) is 34.1 Å². The Labute approximate surface area is 631 Å². The van der Waals surface area contributed by atoms with Gasteiger partial charge < -0.3 is 14.4 Å². The lowest BCUT2D eigenvalue weighted by Gasteiger charge is -2.46. The Kier molecular flexibility index (Phi) is 11.2. The zero-order valence-electron chi connectivity index (χ0n) is 59.2. The highest BCUT2D eigenvalue weighted by Gasteiger charge is 2.58. The van der Waals surface area contributed by atoms with Crippen LogP contribution in [0.15, 0.2) is 376 Å². The van der Waals surface area contributed by atoms with Gasteiger partial charge in [0.1, 0.15) is 0 Å². The predicted octanol–water partition coefficient (Wildman–Crippen LogP) is 23.6. The van der Waals surface area contributed by atoms with Crippen LogP contribution >= 0.6 is 0 Å². The lowest BCUT2D eigenvalue weighted by molar-refractivity contribution is 0.793. The highest BCUT2D eigenvalue weighted by atomic mass is 15.2. The molecule has 0 unspecified atom stereocenters. The van der Waals surface area contributed by atoms with E-state index in [2.05, 4.69) is 390 Å². The van der Waals surface area contributed by atoms with Gasteiger partial charge in [0.2, 0.25) is 0 Å². The van der Waals surface area contributed by atoms with Crippen molar-refractivity contribution in [3.8, 4) is 83.6 Å². The Morgan fingerprint density at radius 2 is 0.569 bits per heavy atom. The van der Waals surface area contributed by atoms with Gasteiger partial charge in [-0.05, 0) is 210 Å². The molecule has 4 heteroatoms. The van der Waals surface area contributed by atoms with Crippen molar-refractivity contribution in [3.63, 3.8) is 0 Å². The predicted molar refractivity (Wildman–Crippen MR) is 449 cm³/mol. The third-order valence-corrected chi connectivity index (χ3v) is 26.6. The minimum atomic E-state index is -0.613. The number of hydrogen-bond donors (Lipinski definition) is 0. The Bertz CT molecular complexity index is 6960. The van der Waals surface area contributed by atoms with Crippen molar-refractivity contribution in [1.82, 2.24) is 4.57 Å². The second-order valence-corrected chi connectivity index (χ2v) is 31.1. The zero-order chi connectivity index (χ0) is 70.7. The number of anilines is 6. The van der Waals surface area contributed by atoms with Crippen LogP contribution in [0.2, 0.25) is 0 Å². The van der Waals surface area contributed by atoms with E-state index >= 15 is 0 Å². The first-order chi connectivity index (χ1) is 54.1. The summed E-state index contributed by atoms with van der Waals surface area (Å²) in [4.78, 5) is 5.45. The maximum absolute atomic E-state index is 2.74. The number of fused-ring (bicyclic) bond motifs is 38. The highest BCUT2D eigenvalue weighted by molar-refractivity contribution is 7.00. The van der Waals surface area contributed by atoms with Crippen LogP contribution in [0.3, 0.4) is 0 Å². The monoisotopic (exact) mass is 1380 g/mol. The normalized spacial score (nSPS) is 15.0. The minimum Gasteiger partial charge on any atom is -0.311 e. The van der Waals surface area contributed by atoms with Crippen molar-refractivity contribution in [2.24, 2.45) is 0 Å². The first kappa shape index (κ1) is 58.5. The van der Waals surface area contributed by atoms with Crippen molar-refractivity contribution in [1.29, 1.82) is 0 Å². The van der Waals surface area contributed by atoms with Crippen molar-refractivity contribution in [2.45, 2.75) is 16.2 Å². The van der Waals surface area contributed by atoms with Gasteiger partial charge in [-0.25, -0.2) is 0 Å². The summed E-state index contributed by atoms with van der Waals surface area (Å²) in [7, 11) is 0. The summed E-state index contributed by atoms with van der Waals surface area (Å²) in [5.41, 5.74) is 46.0. The molecular formula is C105H62BN3. The molecule has 0 saturated heterocycles. The van der Waals surface area contributed by atoms with E-state index in [-0.39, 0.29) is 6.71 Å². The number of benzene rings is 17. The van der Waals surface area contributed by atoms with Gasteiger partial charge in [0, 0.05) is 50.5 Å². The van der Waals surface area contributed by atoms with Crippen LogP contribution in [0.5, 0.6) is 0 Å². The zero-order valence-corrected chi connectivity index (χ0v) is 59.2. The first-order valence-electron chi connectivity index (χ1n) is 38.4. The number of hydrogen-bond acceptors (Lipinski definition) is 2. The fraction of sp³-hybridized carbons (Fsp3) is 0.0286. The molecule has 0 N–H and O–H groups in total. The molecule has 0 radical (unpaired) electrons. The maximum atomic E-state index is 2.74. The topological polar surface area (TPSA) is 11.4 Å². The lowest BCUT2D eigenvalue weighted by atomic mass is 9.33. The fourth-order valence-corrected chi connectivity index (χ4v) is 22.8. The van der Waals surface area contributed by atoms with Crippen molar-refractivity contribution in [2.75, 3.05) is 9.80 Å². The molecule has 500 valence electrons. The molecule has 0 atom stereocenters. The van der Waals surface area contributed by atoms with E-state index in [1.165, 1.54) is 183 Å². The Morgan fingerprint density at radius 3 is 1.06 bits per heavy atom. The third kappa shape index (κ3) is 6.96. The van der Waals surface area contributed by atoms with Gasteiger partial charge in [0.05, 0.1) is 33.0 Å². The van der Waals surface area contributed by atoms with Gasteiger partial charge in [-0.1, -0.05) is 322 Å². The Morgan fingerprint density at radius 1 is 0.211 bits per heavy atom. The summed E-state index contributed by atoms with van der Waals surface area (Å²) < 4.78 is 2.57. The summed E-state index contributed by atoms with van der Waals surface area (Å²) in [5.74, 6) is 0. The molecule has 18 aromatic rings. The summed E-state index contributed by atoms with van der Waals surface area (Å²) in [6.45, 7) is -0.279. The Hall–Kier alpha value is -13.8. The molecule has 3 nitrogen and oxygen atoms in total. The number of para-hydroxylation sites is 2. The van der Waals surface area contributed by atoms with Crippen LogP contribution in [-0.2, 0) is 16.2 Å². The molecule has 8 aliphatic rings. The van der Waals surface area contributed by atoms with Crippen molar-refractivity contribution < 1.29 is 0 Å². The van der Waals surface area contributed by atoms with E-state index < -0.39 is 16.2 Å². The molecule has 1 aromatic heterocycles. The third-order valence-electron chi connectivity index (χ3n) is 26.6. The summed E-state index contributed by atoms with van der Waals surface area (Å²) >= 11 is 0.